The first-order valence-corrected chi connectivity index (χ1v) is 11.1. The van der Waals surface area contributed by atoms with E-state index < -0.39 is 10.0 Å². The Kier molecular flexibility index (Phi) is 6.29. The van der Waals surface area contributed by atoms with Crippen molar-refractivity contribution in [2.24, 2.45) is 5.73 Å². The van der Waals surface area contributed by atoms with Crippen LogP contribution < -0.4 is 10.5 Å². The number of aryl methyl sites for hydroxylation is 1. The molecule has 0 saturated carbocycles. The molecular formula is C21H27FN2O2S. The van der Waals surface area contributed by atoms with Crippen molar-refractivity contribution in [3.63, 3.8) is 0 Å². The quantitative estimate of drug-likeness (QED) is 0.762. The third kappa shape index (κ3) is 5.15. The highest BCUT2D eigenvalue weighted by Crippen LogP contribution is 2.34. The summed E-state index contributed by atoms with van der Waals surface area (Å²) < 4.78 is 39.7. The molecule has 146 valence electrons. The van der Waals surface area contributed by atoms with Gasteiger partial charge in [0, 0.05) is 18.5 Å². The van der Waals surface area contributed by atoms with Gasteiger partial charge in [0.25, 0.3) is 0 Å². The Balaban J connectivity index is 1.81. The van der Waals surface area contributed by atoms with Gasteiger partial charge >= 0.3 is 0 Å². The third-order valence-electron chi connectivity index (χ3n) is 5.21. The van der Waals surface area contributed by atoms with Crippen molar-refractivity contribution in [2.75, 3.05) is 5.75 Å². The van der Waals surface area contributed by atoms with Crippen molar-refractivity contribution in [3.05, 3.63) is 70.5 Å². The average Bonchev–Trinajstić information content (AvgIpc) is 2.64. The number of hydrogen-bond acceptors (Lipinski definition) is 3. The maximum Gasteiger partial charge on any atom is 0.211 e. The zero-order valence-electron chi connectivity index (χ0n) is 15.6. The number of hydrogen-bond donors (Lipinski definition) is 2. The van der Waals surface area contributed by atoms with Crippen molar-refractivity contribution < 1.29 is 12.8 Å². The van der Waals surface area contributed by atoms with E-state index in [9.17, 15) is 12.8 Å². The van der Waals surface area contributed by atoms with E-state index in [-0.39, 0.29) is 30.1 Å². The van der Waals surface area contributed by atoms with Crippen molar-refractivity contribution in [1.82, 2.24) is 4.72 Å². The lowest BCUT2D eigenvalue weighted by molar-refractivity contribution is 0.467. The molecule has 2 aromatic carbocycles. The molecule has 1 aliphatic rings. The van der Waals surface area contributed by atoms with Gasteiger partial charge < -0.3 is 5.73 Å². The van der Waals surface area contributed by atoms with E-state index >= 15 is 0 Å². The van der Waals surface area contributed by atoms with Gasteiger partial charge in [-0.3, -0.25) is 0 Å². The standard InChI is InChI=1S/C21H27FN2O2S/c1-2-11-27(25,26)24-14-16-3-6-17-7-10-21(23)20(19(17)13-16)12-15-4-8-18(22)9-5-15/h3-6,8-9,13,20-21,24H,2,7,10-12,14,23H2,1H3. The second kappa shape index (κ2) is 8.50. The van der Waals surface area contributed by atoms with E-state index in [1.54, 1.807) is 12.1 Å². The molecule has 6 heteroatoms. The van der Waals surface area contributed by atoms with Gasteiger partial charge in [-0.15, -0.1) is 0 Å². The van der Waals surface area contributed by atoms with Gasteiger partial charge in [-0.05, 0) is 60.1 Å². The summed E-state index contributed by atoms with van der Waals surface area (Å²) in [6.45, 7) is 2.13. The molecule has 27 heavy (non-hydrogen) atoms. The number of halogens is 1. The first-order chi connectivity index (χ1) is 12.9. The number of nitrogens with two attached hydrogens (primary N) is 1. The minimum absolute atomic E-state index is 0.0367. The summed E-state index contributed by atoms with van der Waals surface area (Å²) in [5.41, 5.74) is 10.9. The number of nitrogens with one attached hydrogen (secondary N) is 1. The van der Waals surface area contributed by atoms with Gasteiger partial charge in [-0.2, -0.15) is 0 Å². The summed E-state index contributed by atoms with van der Waals surface area (Å²) in [6.07, 6.45) is 3.19. The van der Waals surface area contributed by atoms with Gasteiger partial charge in [-0.25, -0.2) is 17.5 Å². The number of rotatable bonds is 7. The molecule has 1 aliphatic carbocycles. The molecule has 0 aromatic heterocycles. The van der Waals surface area contributed by atoms with Gasteiger partial charge in [0.05, 0.1) is 5.75 Å². The summed E-state index contributed by atoms with van der Waals surface area (Å²) in [6, 6.07) is 12.7. The van der Waals surface area contributed by atoms with Crippen LogP contribution in [0.25, 0.3) is 0 Å². The Morgan fingerprint density at radius 2 is 1.85 bits per heavy atom. The highest BCUT2D eigenvalue weighted by atomic mass is 32.2. The Morgan fingerprint density at radius 3 is 2.56 bits per heavy atom. The van der Waals surface area contributed by atoms with Crippen molar-refractivity contribution in [1.29, 1.82) is 0 Å². The van der Waals surface area contributed by atoms with Crippen molar-refractivity contribution in [3.8, 4) is 0 Å². The normalized spacial score (nSPS) is 19.7. The maximum absolute atomic E-state index is 13.2. The van der Waals surface area contributed by atoms with Crippen LogP contribution in [0.2, 0.25) is 0 Å². The second-order valence-electron chi connectivity index (χ2n) is 7.31. The van der Waals surface area contributed by atoms with E-state index in [1.807, 2.05) is 13.0 Å². The monoisotopic (exact) mass is 390 g/mol. The Labute approximate surface area is 161 Å². The molecule has 0 fully saturated rings. The summed E-state index contributed by atoms with van der Waals surface area (Å²) in [7, 11) is -3.24. The lowest BCUT2D eigenvalue weighted by Gasteiger charge is -2.32. The molecule has 0 spiro atoms. The molecule has 3 N–H and O–H groups in total. The summed E-state index contributed by atoms with van der Waals surface area (Å²) >= 11 is 0. The molecule has 2 unspecified atom stereocenters. The number of fused-ring (bicyclic) bond motifs is 1. The molecular weight excluding hydrogens is 363 g/mol. The highest BCUT2D eigenvalue weighted by molar-refractivity contribution is 7.89. The van der Waals surface area contributed by atoms with Crippen LogP contribution in [0.1, 0.15) is 47.9 Å². The van der Waals surface area contributed by atoms with Crippen LogP contribution in [-0.4, -0.2) is 20.2 Å². The lowest BCUT2D eigenvalue weighted by atomic mass is 9.76. The van der Waals surface area contributed by atoms with Gasteiger partial charge in [0.2, 0.25) is 10.0 Å². The van der Waals surface area contributed by atoms with E-state index in [2.05, 4.69) is 16.9 Å². The van der Waals surface area contributed by atoms with Gasteiger partial charge in [0.1, 0.15) is 5.82 Å². The SMILES string of the molecule is CCCS(=O)(=O)NCc1ccc2c(c1)C(Cc1ccc(F)cc1)C(N)CC2. The molecule has 0 saturated heterocycles. The topological polar surface area (TPSA) is 72.2 Å². The first kappa shape index (κ1) is 20.0. The van der Waals surface area contributed by atoms with Crippen LogP contribution in [0.5, 0.6) is 0 Å². The maximum atomic E-state index is 13.2. The second-order valence-corrected chi connectivity index (χ2v) is 9.24. The fourth-order valence-corrected chi connectivity index (χ4v) is 4.82. The highest BCUT2D eigenvalue weighted by Gasteiger charge is 2.27. The molecule has 0 amide bonds. The van der Waals surface area contributed by atoms with E-state index in [4.69, 9.17) is 5.73 Å². The van der Waals surface area contributed by atoms with Crippen LogP contribution >= 0.6 is 0 Å². The first-order valence-electron chi connectivity index (χ1n) is 9.47. The van der Waals surface area contributed by atoms with Crippen molar-refractivity contribution >= 4 is 10.0 Å². The number of sulfonamides is 1. The minimum Gasteiger partial charge on any atom is -0.327 e. The van der Waals surface area contributed by atoms with Crippen LogP contribution in [-0.2, 0) is 29.4 Å². The van der Waals surface area contributed by atoms with Gasteiger partial charge in [-0.1, -0.05) is 37.3 Å². The van der Waals surface area contributed by atoms with Crippen LogP contribution in [0.3, 0.4) is 0 Å². The molecule has 0 radical (unpaired) electrons. The molecule has 2 aromatic rings. The molecule has 4 nitrogen and oxygen atoms in total. The average molecular weight is 391 g/mol. The smallest absolute Gasteiger partial charge is 0.211 e. The summed E-state index contributed by atoms with van der Waals surface area (Å²) in [5, 5.41) is 0. The summed E-state index contributed by atoms with van der Waals surface area (Å²) in [4.78, 5) is 0. The predicted octanol–water partition coefficient (Wildman–Crippen LogP) is 3.25. The van der Waals surface area contributed by atoms with Crippen LogP contribution in [0, 0.1) is 5.82 Å². The molecule has 0 heterocycles. The van der Waals surface area contributed by atoms with Crippen LogP contribution in [0.15, 0.2) is 42.5 Å². The largest absolute Gasteiger partial charge is 0.327 e. The molecule has 3 rings (SSSR count). The molecule has 0 bridgehead atoms. The van der Waals surface area contributed by atoms with E-state index in [1.165, 1.54) is 23.3 Å². The minimum atomic E-state index is -3.24. The van der Waals surface area contributed by atoms with Gasteiger partial charge in [0.15, 0.2) is 0 Å². The predicted molar refractivity (Wildman–Crippen MR) is 107 cm³/mol. The Bertz CT molecular complexity index is 882. The molecule has 0 aliphatic heterocycles. The summed E-state index contributed by atoms with van der Waals surface area (Å²) in [5.74, 6) is 0.0378. The van der Waals surface area contributed by atoms with E-state index in [0.717, 1.165) is 30.4 Å². The van der Waals surface area contributed by atoms with Crippen LogP contribution in [0.4, 0.5) is 4.39 Å². The Morgan fingerprint density at radius 1 is 1.15 bits per heavy atom. The zero-order chi connectivity index (χ0) is 19.4. The van der Waals surface area contributed by atoms with Crippen molar-refractivity contribution in [2.45, 2.75) is 51.1 Å². The Hall–Kier alpha value is -1.76. The molecule has 2 atom stereocenters. The number of benzene rings is 2. The van der Waals surface area contributed by atoms with E-state index in [0.29, 0.717) is 6.42 Å². The lowest BCUT2D eigenvalue weighted by Crippen LogP contribution is -2.34. The zero-order valence-corrected chi connectivity index (χ0v) is 16.4. The fourth-order valence-electron chi connectivity index (χ4n) is 3.75. The fraction of sp³-hybridized carbons (Fsp3) is 0.429. The third-order valence-corrected chi connectivity index (χ3v) is 6.74.